The van der Waals surface area contributed by atoms with Gasteiger partial charge in [-0.15, -0.1) is 0 Å². The first kappa shape index (κ1) is 14.6. The van der Waals surface area contributed by atoms with Crippen molar-refractivity contribution in [2.45, 2.75) is 13.5 Å². The minimum absolute atomic E-state index is 0.0620. The molecule has 0 bridgehead atoms. The minimum Gasteiger partial charge on any atom is -0.324 e. The molecule has 0 aliphatic rings. The Kier molecular flexibility index (Phi) is 4.42. The van der Waals surface area contributed by atoms with Crippen molar-refractivity contribution in [1.82, 2.24) is 9.78 Å². The van der Waals surface area contributed by atoms with Crippen molar-refractivity contribution in [2.75, 3.05) is 5.32 Å². The predicted octanol–water partition coefficient (Wildman–Crippen LogP) is 2.50. The van der Waals surface area contributed by atoms with Crippen LogP contribution in [0.1, 0.15) is 5.56 Å². The zero-order valence-corrected chi connectivity index (χ0v) is 12.1. The second kappa shape index (κ2) is 6.07. The van der Waals surface area contributed by atoms with Gasteiger partial charge in [-0.3, -0.25) is 9.59 Å². The number of halogens is 2. The molecule has 1 N–H and O–H groups in total. The first-order valence-corrected chi connectivity index (χ1v) is 6.50. The number of aryl methyl sites for hydroxylation is 1. The van der Waals surface area contributed by atoms with Crippen LogP contribution < -0.4 is 10.9 Å². The monoisotopic (exact) mass is 311 g/mol. The van der Waals surface area contributed by atoms with Gasteiger partial charge in [-0.25, -0.2) is 4.68 Å². The summed E-state index contributed by atoms with van der Waals surface area (Å²) in [5.74, 6) is -0.372. The summed E-state index contributed by atoms with van der Waals surface area (Å²) in [6.07, 6.45) is 1.23. The third-order valence-corrected chi connectivity index (χ3v) is 3.29. The molecule has 2 aromatic rings. The van der Waals surface area contributed by atoms with Gasteiger partial charge in [0, 0.05) is 5.69 Å². The van der Waals surface area contributed by atoms with Gasteiger partial charge in [0.1, 0.15) is 11.6 Å². The molecule has 1 amide bonds. The Balaban J connectivity index is 2.13. The zero-order chi connectivity index (χ0) is 14.7. The van der Waals surface area contributed by atoms with Crippen molar-refractivity contribution in [1.29, 1.82) is 0 Å². The van der Waals surface area contributed by atoms with Crippen LogP contribution in [-0.2, 0) is 11.3 Å². The number of carbonyl (C=O) groups excluding carboxylic acids is 1. The van der Waals surface area contributed by atoms with E-state index in [9.17, 15) is 9.59 Å². The highest BCUT2D eigenvalue weighted by Crippen LogP contribution is 2.14. The first-order valence-electron chi connectivity index (χ1n) is 5.75. The average molecular weight is 312 g/mol. The number of hydrogen-bond donors (Lipinski definition) is 1. The van der Waals surface area contributed by atoms with Crippen molar-refractivity contribution in [2.24, 2.45) is 0 Å². The lowest BCUT2D eigenvalue weighted by Crippen LogP contribution is -2.29. The van der Waals surface area contributed by atoms with Crippen LogP contribution in [-0.4, -0.2) is 15.7 Å². The number of nitrogens with zero attached hydrogens (tertiary/aromatic N) is 2. The normalized spacial score (nSPS) is 10.3. The van der Waals surface area contributed by atoms with Gasteiger partial charge in [-0.05, 0) is 24.6 Å². The largest absolute Gasteiger partial charge is 0.324 e. The molecule has 0 fully saturated rings. The highest BCUT2D eigenvalue weighted by atomic mass is 35.5. The second-order valence-electron chi connectivity index (χ2n) is 4.19. The number of amides is 1. The molecule has 0 aliphatic heterocycles. The number of aromatic nitrogens is 2. The lowest BCUT2D eigenvalue weighted by atomic mass is 10.2. The summed E-state index contributed by atoms with van der Waals surface area (Å²) in [6.45, 7) is 1.68. The molecule has 0 atom stereocenters. The Morgan fingerprint density at radius 1 is 1.40 bits per heavy atom. The van der Waals surface area contributed by atoms with Crippen LogP contribution in [0.5, 0.6) is 0 Å². The molecule has 0 radical (unpaired) electrons. The Morgan fingerprint density at radius 2 is 2.15 bits per heavy atom. The molecule has 1 aromatic carbocycles. The molecule has 104 valence electrons. The van der Waals surface area contributed by atoms with Crippen molar-refractivity contribution in [3.63, 3.8) is 0 Å². The second-order valence-corrected chi connectivity index (χ2v) is 4.97. The van der Waals surface area contributed by atoms with Gasteiger partial charge in [0.15, 0.2) is 0 Å². The quantitative estimate of drug-likeness (QED) is 0.947. The van der Waals surface area contributed by atoms with Crippen molar-refractivity contribution in [3.05, 3.63) is 56.4 Å². The van der Waals surface area contributed by atoms with Crippen LogP contribution >= 0.6 is 23.2 Å². The molecule has 1 aromatic heterocycles. The van der Waals surface area contributed by atoms with Crippen LogP contribution in [0.4, 0.5) is 5.69 Å². The predicted molar refractivity (Wildman–Crippen MR) is 78.3 cm³/mol. The van der Waals surface area contributed by atoms with Gasteiger partial charge in [0.25, 0.3) is 5.56 Å². The van der Waals surface area contributed by atoms with Gasteiger partial charge >= 0.3 is 0 Å². The summed E-state index contributed by atoms with van der Waals surface area (Å²) in [6, 6.07) is 7.33. The van der Waals surface area contributed by atoms with E-state index in [-0.39, 0.29) is 22.5 Å². The summed E-state index contributed by atoms with van der Waals surface area (Å²) in [5.41, 5.74) is 1.08. The zero-order valence-electron chi connectivity index (χ0n) is 10.6. The number of anilines is 1. The molecule has 1 heterocycles. The molecular formula is C13H11Cl2N3O2. The Labute approximate surface area is 125 Å². The van der Waals surface area contributed by atoms with Crippen molar-refractivity contribution >= 4 is 34.8 Å². The van der Waals surface area contributed by atoms with Crippen molar-refractivity contribution in [3.8, 4) is 0 Å². The number of hydrogen-bond acceptors (Lipinski definition) is 3. The summed E-state index contributed by atoms with van der Waals surface area (Å²) >= 11 is 11.4. The molecule has 2 rings (SSSR count). The molecule has 0 unspecified atom stereocenters. The van der Waals surface area contributed by atoms with E-state index in [2.05, 4.69) is 10.4 Å². The van der Waals surface area contributed by atoms with Crippen LogP contribution in [0.25, 0.3) is 0 Å². The maximum absolute atomic E-state index is 11.9. The summed E-state index contributed by atoms with van der Waals surface area (Å²) < 4.78 is 0.958. The highest BCUT2D eigenvalue weighted by molar-refractivity contribution is 6.41. The summed E-state index contributed by atoms with van der Waals surface area (Å²) in [5, 5.41) is 6.36. The van der Waals surface area contributed by atoms with E-state index in [4.69, 9.17) is 23.2 Å². The van der Waals surface area contributed by atoms with E-state index < -0.39 is 5.56 Å². The van der Waals surface area contributed by atoms with Crippen LogP contribution in [0, 0.1) is 6.92 Å². The fourth-order valence-corrected chi connectivity index (χ4v) is 1.89. The smallest absolute Gasteiger partial charge is 0.287 e. The third kappa shape index (κ3) is 3.37. The minimum atomic E-state index is -0.599. The maximum atomic E-state index is 11.9. The Bertz CT molecular complexity index is 713. The van der Waals surface area contributed by atoms with Crippen LogP contribution in [0.3, 0.4) is 0 Å². The standard InChI is InChI=1S/C13H11Cl2N3O2/c1-8-3-2-4-9(5-8)17-11(19)7-18-13(20)12(15)10(14)6-16-18/h2-6H,7H2,1H3,(H,17,19). The fourth-order valence-electron chi connectivity index (χ4n) is 1.62. The lowest BCUT2D eigenvalue weighted by molar-refractivity contribution is -0.117. The SMILES string of the molecule is Cc1cccc(NC(=O)Cn2ncc(Cl)c(Cl)c2=O)c1. The molecule has 0 saturated heterocycles. The Hall–Kier alpha value is -1.85. The summed E-state index contributed by atoms with van der Waals surface area (Å²) in [4.78, 5) is 23.6. The van der Waals surface area contributed by atoms with Crippen molar-refractivity contribution < 1.29 is 4.79 Å². The molecule has 20 heavy (non-hydrogen) atoms. The number of nitrogens with one attached hydrogen (secondary N) is 1. The molecule has 0 aliphatic carbocycles. The molecular weight excluding hydrogens is 301 g/mol. The number of benzene rings is 1. The van der Waals surface area contributed by atoms with E-state index in [1.807, 2.05) is 25.1 Å². The molecule has 7 heteroatoms. The topological polar surface area (TPSA) is 64.0 Å². The van der Waals surface area contributed by atoms with E-state index in [1.165, 1.54) is 6.20 Å². The molecule has 0 spiro atoms. The average Bonchev–Trinajstić information content (AvgIpc) is 2.39. The molecule has 5 nitrogen and oxygen atoms in total. The van der Waals surface area contributed by atoms with E-state index in [1.54, 1.807) is 6.07 Å². The van der Waals surface area contributed by atoms with Gasteiger partial charge < -0.3 is 5.32 Å². The van der Waals surface area contributed by atoms with Gasteiger partial charge in [0.05, 0.1) is 11.2 Å². The van der Waals surface area contributed by atoms with Gasteiger partial charge in [-0.1, -0.05) is 35.3 Å². The first-order chi connectivity index (χ1) is 9.47. The van der Waals surface area contributed by atoms with Gasteiger partial charge in [0.2, 0.25) is 5.91 Å². The third-order valence-electron chi connectivity index (χ3n) is 2.54. The number of carbonyl (C=O) groups is 1. The van der Waals surface area contributed by atoms with E-state index >= 15 is 0 Å². The summed E-state index contributed by atoms with van der Waals surface area (Å²) in [7, 11) is 0. The van der Waals surface area contributed by atoms with E-state index in [0.717, 1.165) is 10.2 Å². The Morgan fingerprint density at radius 3 is 2.85 bits per heavy atom. The fraction of sp³-hybridized carbons (Fsp3) is 0.154. The molecule has 0 saturated carbocycles. The van der Waals surface area contributed by atoms with E-state index in [0.29, 0.717) is 5.69 Å². The highest BCUT2D eigenvalue weighted by Gasteiger charge is 2.11. The number of rotatable bonds is 3. The van der Waals surface area contributed by atoms with Crippen LogP contribution in [0.2, 0.25) is 10.0 Å². The van der Waals surface area contributed by atoms with Crippen LogP contribution in [0.15, 0.2) is 35.3 Å². The maximum Gasteiger partial charge on any atom is 0.287 e. The lowest BCUT2D eigenvalue weighted by Gasteiger charge is -2.07. The van der Waals surface area contributed by atoms with Gasteiger partial charge in [-0.2, -0.15) is 5.10 Å².